The summed E-state index contributed by atoms with van der Waals surface area (Å²) in [5.74, 6) is 1.40. The van der Waals surface area contributed by atoms with Gasteiger partial charge in [-0.05, 0) is 85.2 Å². The van der Waals surface area contributed by atoms with E-state index in [1.165, 1.54) is 16.7 Å². The Labute approximate surface area is 217 Å². The lowest BCUT2D eigenvalue weighted by Gasteiger charge is -2.18. The van der Waals surface area contributed by atoms with Crippen molar-refractivity contribution in [2.24, 2.45) is 0 Å². The molecule has 0 aromatic heterocycles. The second-order valence-corrected chi connectivity index (χ2v) is 10.3. The average molecular weight is 503 g/mol. The van der Waals surface area contributed by atoms with Crippen molar-refractivity contribution in [1.29, 1.82) is 0 Å². The van der Waals surface area contributed by atoms with Crippen LogP contribution in [0.2, 0.25) is 0 Å². The number of fused-ring (bicyclic) bond motifs is 1. The topological polar surface area (TPSA) is 85.2 Å². The average Bonchev–Trinajstić information content (AvgIpc) is 3.56. The summed E-state index contributed by atoms with van der Waals surface area (Å²) in [5, 5.41) is 18.4. The molecule has 5 rings (SSSR count). The van der Waals surface area contributed by atoms with Crippen molar-refractivity contribution in [2.45, 2.75) is 64.6 Å². The zero-order chi connectivity index (χ0) is 26.2. The zero-order valence-electron chi connectivity index (χ0n) is 21.7. The minimum absolute atomic E-state index is 0.0911. The number of aliphatic hydroxyl groups excluding tert-OH is 1. The molecule has 194 valence electrons. The second kappa shape index (κ2) is 10.1. The number of carbonyl (C=O) groups is 1. The minimum Gasteiger partial charge on any atom is -0.493 e. The highest BCUT2D eigenvalue weighted by molar-refractivity contribution is 5.75. The van der Waals surface area contributed by atoms with Crippen LogP contribution in [-0.4, -0.2) is 35.0 Å². The Balaban J connectivity index is 1.33. The van der Waals surface area contributed by atoms with Crippen molar-refractivity contribution < 1.29 is 29.2 Å². The van der Waals surface area contributed by atoms with Gasteiger partial charge in [0, 0.05) is 30.6 Å². The van der Waals surface area contributed by atoms with Gasteiger partial charge >= 0.3 is 5.97 Å². The van der Waals surface area contributed by atoms with Crippen LogP contribution >= 0.6 is 0 Å². The Morgan fingerprint density at radius 3 is 2.46 bits per heavy atom. The Hall–Kier alpha value is -3.51. The van der Waals surface area contributed by atoms with E-state index in [1.807, 2.05) is 18.2 Å². The van der Waals surface area contributed by atoms with Crippen molar-refractivity contribution in [1.82, 2.24) is 0 Å². The van der Waals surface area contributed by atoms with Gasteiger partial charge in [0.25, 0.3) is 0 Å². The highest BCUT2D eigenvalue weighted by atomic mass is 16.5. The standard InChI is InChI=1S/C31H34O6/c1-19-14-24(35-13-5-12-32)15-20(2)30(19)25-7-4-6-22(21(25)3)18-36-23-8-9-26-27(17-29(33)34)31(10-11-31)37-28(26)16-23/h4,6-9,14-16,27,32H,5,10-13,17-18H2,1-3H3,(H,33,34). The molecule has 1 fully saturated rings. The smallest absolute Gasteiger partial charge is 0.304 e. The maximum Gasteiger partial charge on any atom is 0.304 e. The molecule has 3 aromatic rings. The first kappa shape index (κ1) is 25.2. The quantitative estimate of drug-likeness (QED) is 0.326. The number of rotatable bonds is 10. The minimum atomic E-state index is -0.794. The fourth-order valence-electron chi connectivity index (χ4n) is 5.56. The predicted molar refractivity (Wildman–Crippen MR) is 142 cm³/mol. The van der Waals surface area contributed by atoms with Gasteiger partial charge in [0.15, 0.2) is 0 Å². The summed E-state index contributed by atoms with van der Waals surface area (Å²) in [6, 6.07) is 16.2. The first-order chi connectivity index (χ1) is 17.8. The fraction of sp³-hybridized carbons (Fsp3) is 0.387. The largest absolute Gasteiger partial charge is 0.493 e. The van der Waals surface area contributed by atoms with Crippen LogP contribution in [0.4, 0.5) is 0 Å². The summed E-state index contributed by atoms with van der Waals surface area (Å²) in [4.78, 5) is 11.4. The molecule has 0 amide bonds. The lowest BCUT2D eigenvalue weighted by Crippen LogP contribution is -2.22. The molecular formula is C31H34O6. The van der Waals surface area contributed by atoms with E-state index in [1.54, 1.807) is 0 Å². The van der Waals surface area contributed by atoms with Crippen LogP contribution in [0.1, 0.15) is 59.4 Å². The molecule has 1 saturated carbocycles. The molecular weight excluding hydrogens is 468 g/mol. The van der Waals surface area contributed by atoms with Crippen LogP contribution in [0, 0.1) is 20.8 Å². The van der Waals surface area contributed by atoms with Crippen LogP contribution < -0.4 is 14.2 Å². The van der Waals surface area contributed by atoms with Gasteiger partial charge in [-0.2, -0.15) is 0 Å². The third-order valence-electron chi connectivity index (χ3n) is 7.62. The number of aliphatic carboxylic acids is 1. The number of carboxylic acid groups (broad SMARTS) is 1. The SMILES string of the molecule is Cc1cc(OCCCO)cc(C)c1-c1cccc(COc2ccc3c(c2)OC2(CC2)C3CC(=O)O)c1C. The number of aliphatic hydroxyl groups is 1. The third-order valence-corrected chi connectivity index (χ3v) is 7.62. The molecule has 2 N–H and O–H groups in total. The molecule has 1 aliphatic heterocycles. The molecule has 37 heavy (non-hydrogen) atoms. The Morgan fingerprint density at radius 1 is 1.03 bits per heavy atom. The predicted octanol–water partition coefficient (Wildman–Crippen LogP) is 6.10. The summed E-state index contributed by atoms with van der Waals surface area (Å²) in [6.45, 7) is 7.35. The summed E-state index contributed by atoms with van der Waals surface area (Å²) in [5.41, 5.74) is 7.55. The highest BCUT2D eigenvalue weighted by Crippen LogP contribution is 2.59. The molecule has 6 heteroatoms. The molecule has 0 saturated heterocycles. The van der Waals surface area contributed by atoms with Crippen LogP contribution in [0.15, 0.2) is 48.5 Å². The van der Waals surface area contributed by atoms with E-state index in [9.17, 15) is 9.90 Å². The molecule has 1 spiro atoms. The van der Waals surface area contributed by atoms with E-state index in [-0.39, 0.29) is 24.5 Å². The van der Waals surface area contributed by atoms with Crippen molar-refractivity contribution >= 4 is 5.97 Å². The Bertz CT molecular complexity index is 1300. The molecule has 1 aliphatic carbocycles. The van der Waals surface area contributed by atoms with Crippen LogP contribution in [0.25, 0.3) is 11.1 Å². The summed E-state index contributed by atoms with van der Waals surface area (Å²) < 4.78 is 18.2. The van der Waals surface area contributed by atoms with Crippen LogP contribution in [0.3, 0.4) is 0 Å². The molecule has 3 aromatic carbocycles. The van der Waals surface area contributed by atoms with E-state index in [2.05, 4.69) is 51.1 Å². The van der Waals surface area contributed by atoms with Gasteiger partial charge in [0.1, 0.15) is 29.5 Å². The van der Waals surface area contributed by atoms with Gasteiger partial charge in [-0.1, -0.05) is 24.3 Å². The maximum absolute atomic E-state index is 11.4. The lowest BCUT2D eigenvalue weighted by molar-refractivity contribution is -0.138. The first-order valence-electron chi connectivity index (χ1n) is 12.9. The van der Waals surface area contributed by atoms with Gasteiger partial charge in [-0.25, -0.2) is 0 Å². The molecule has 0 bridgehead atoms. The zero-order valence-corrected chi connectivity index (χ0v) is 21.7. The van der Waals surface area contributed by atoms with Gasteiger partial charge < -0.3 is 24.4 Å². The summed E-state index contributed by atoms with van der Waals surface area (Å²) in [6.07, 6.45) is 2.50. The second-order valence-electron chi connectivity index (χ2n) is 10.3. The number of benzene rings is 3. The third kappa shape index (κ3) is 5.03. The van der Waals surface area contributed by atoms with Gasteiger partial charge in [0.05, 0.1) is 13.0 Å². The molecule has 0 radical (unpaired) electrons. The van der Waals surface area contributed by atoms with Gasteiger partial charge in [0.2, 0.25) is 0 Å². The van der Waals surface area contributed by atoms with Crippen molar-refractivity contribution in [3.63, 3.8) is 0 Å². The van der Waals surface area contributed by atoms with E-state index < -0.39 is 5.97 Å². The fourth-order valence-corrected chi connectivity index (χ4v) is 5.56. The molecule has 2 aliphatic rings. The van der Waals surface area contributed by atoms with Crippen LogP contribution in [0.5, 0.6) is 17.2 Å². The number of carboxylic acids is 1. The van der Waals surface area contributed by atoms with E-state index in [0.717, 1.165) is 46.6 Å². The number of aryl methyl sites for hydroxylation is 2. The normalized spacial score (nSPS) is 16.8. The maximum atomic E-state index is 11.4. The Morgan fingerprint density at radius 2 is 1.78 bits per heavy atom. The molecule has 1 heterocycles. The Kier molecular flexibility index (Phi) is 6.86. The van der Waals surface area contributed by atoms with E-state index >= 15 is 0 Å². The number of hydrogen-bond donors (Lipinski definition) is 2. The van der Waals surface area contributed by atoms with Gasteiger partial charge in [-0.15, -0.1) is 0 Å². The lowest BCUT2D eigenvalue weighted by atomic mass is 9.90. The number of hydrogen-bond acceptors (Lipinski definition) is 5. The number of ether oxygens (including phenoxy) is 3. The van der Waals surface area contributed by atoms with Crippen molar-refractivity contribution in [2.75, 3.05) is 13.2 Å². The van der Waals surface area contributed by atoms with Crippen molar-refractivity contribution in [3.05, 3.63) is 76.3 Å². The summed E-state index contributed by atoms with van der Waals surface area (Å²) in [7, 11) is 0. The first-order valence-corrected chi connectivity index (χ1v) is 12.9. The van der Waals surface area contributed by atoms with Crippen molar-refractivity contribution in [3.8, 4) is 28.4 Å². The van der Waals surface area contributed by atoms with Gasteiger partial charge in [-0.3, -0.25) is 4.79 Å². The molecule has 1 atom stereocenters. The molecule has 6 nitrogen and oxygen atoms in total. The molecule has 1 unspecified atom stereocenters. The van der Waals surface area contributed by atoms with E-state index in [0.29, 0.717) is 25.4 Å². The monoisotopic (exact) mass is 502 g/mol. The van der Waals surface area contributed by atoms with E-state index in [4.69, 9.17) is 19.3 Å². The highest BCUT2D eigenvalue weighted by Gasteiger charge is 2.57. The summed E-state index contributed by atoms with van der Waals surface area (Å²) >= 11 is 0. The van der Waals surface area contributed by atoms with Crippen LogP contribution in [-0.2, 0) is 11.4 Å².